The summed E-state index contributed by atoms with van der Waals surface area (Å²) >= 11 is 0. The lowest BCUT2D eigenvalue weighted by molar-refractivity contribution is 0.334. The lowest BCUT2D eigenvalue weighted by atomic mass is 9.97. The van der Waals surface area contributed by atoms with Gasteiger partial charge in [-0.2, -0.15) is 0 Å². The quantitative estimate of drug-likeness (QED) is 0.695. The molecule has 0 fully saturated rings. The minimum absolute atomic E-state index is 0.544. The highest BCUT2D eigenvalue weighted by Gasteiger charge is 2.10. The molecule has 1 aromatic rings. The van der Waals surface area contributed by atoms with Gasteiger partial charge in [-0.25, -0.2) is 0 Å². The van der Waals surface area contributed by atoms with Crippen LogP contribution in [0.4, 0.5) is 0 Å². The smallest absolute Gasteiger partial charge is 0.122 e. The average Bonchev–Trinajstić information content (AvgIpc) is 2.35. The molecule has 0 spiro atoms. The Kier molecular flexibility index (Phi) is 6.71. The van der Waals surface area contributed by atoms with E-state index in [9.17, 15) is 0 Å². The standard InChI is InChI=1S/C15H25NO/c1-4-11-16-12-10-13(3)14-8-6-7-9-15(14)17-5-2/h6-9,13,16H,4-5,10-12H2,1-3H3. The van der Waals surface area contributed by atoms with Crippen molar-refractivity contribution in [2.24, 2.45) is 0 Å². The maximum atomic E-state index is 5.67. The number of benzene rings is 1. The molecule has 0 saturated carbocycles. The summed E-state index contributed by atoms with van der Waals surface area (Å²) in [6, 6.07) is 8.37. The topological polar surface area (TPSA) is 21.3 Å². The van der Waals surface area contributed by atoms with Gasteiger partial charge in [-0.1, -0.05) is 32.0 Å². The van der Waals surface area contributed by atoms with Crippen LogP contribution in [-0.2, 0) is 0 Å². The summed E-state index contributed by atoms with van der Waals surface area (Å²) in [5, 5.41) is 3.45. The predicted molar refractivity (Wildman–Crippen MR) is 73.8 cm³/mol. The van der Waals surface area contributed by atoms with Crippen LogP contribution in [0.5, 0.6) is 5.75 Å². The maximum absolute atomic E-state index is 5.67. The van der Waals surface area contributed by atoms with E-state index in [4.69, 9.17) is 4.74 Å². The fraction of sp³-hybridized carbons (Fsp3) is 0.600. The van der Waals surface area contributed by atoms with Crippen LogP contribution in [0.15, 0.2) is 24.3 Å². The van der Waals surface area contributed by atoms with Gasteiger partial charge >= 0.3 is 0 Å². The first-order chi connectivity index (χ1) is 8.29. The SMILES string of the molecule is CCCNCCC(C)c1ccccc1OCC. The predicted octanol–water partition coefficient (Wildman–Crippen LogP) is 3.58. The molecule has 0 saturated heterocycles. The van der Waals surface area contributed by atoms with Crippen molar-refractivity contribution in [2.45, 2.75) is 39.5 Å². The van der Waals surface area contributed by atoms with Crippen molar-refractivity contribution in [3.05, 3.63) is 29.8 Å². The molecule has 1 N–H and O–H groups in total. The minimum Gasteiger partial charge on any atom is -0.494 e. The Labute approximate surface area is 105 Å². The number of hydrogen-bond acceptors (Lipinski definition) is 2. The van der Waals surface area contributed by atoms with Gasteiger partial charge in [0, 0.05) is 0 Å². The van der Waals surface area contributed by atoms with Gasteiger partial charge in [0.1, 0.15) is 5.75 Å². The molecule has 1 atom stereocenters. The zero-order chi connectivity index (χ0) is 12.5. The monoisotopic (exact) mass is 235 g/mol. The van der Waals surface area contributed by atoms with Crippen LogP contribution in [0, 0.1) is 0 Å². The molecule has 1 rings (SSSR count). The number of hydrogen-bond donors (Lipinski definition) is 1. The minimum atomic E-state index is 0.544. The number of rotatable bonds is 8. The lowest BCUT2D eigenvalue weighted by Crippen LogP contribution is -2.17. The van der Waals surface area contributed by atoms with Gasteiger partial charge in [0.25, 0.3) is 0 Å². The molecule has 0 radical (unpaired) electrons. The number of nitrogens with one attached hydrogen (secondary N) is 1. The van der Waals surface area contributed by atoms with E-state index in [-0.39, 0.29) is 0 Å². The van der Waals surface area contributed by atoms with Crippen LogP contribution in [-0.4, -0.2) is 19.7 Å². The van der Waals surface area contributed by atoms with E-state index in [0.29, 0.717) is 5.92 Å². The first-order valence-electron chi connectivity index (χ1n) is 6.72. The van der Waals surface area contributed by atoms with Crippen molar-refractivity contribution in [3.63, 3.8) is 0 Å². The highest BCUT2D eigenvalue weighted by Crippen LogP contribution is 2.28. The Balaban J connectivity index is 2.52. The van der Waals surface area contributed by atoms with E-state index in [1.807, 2.05) is 13.0 Å². The van der Waals surface area contributed by atoms with E-state index < -0.39 is 0 Å². The van der Waals surface area contributed by atoms with E-state index in [1.165, 1.54) is 12.0 Å². The molecular formula is C15H25NO. The molecule has 0 aliphatic heterocycles. The van der Waals surface area contributed by atoms with Gasteiger partial charge in [-0.3, -0.25) is 0 Å². The van der Waals surface area contributed by atoms with Gasteiger partial charge in [-0.15, -0.1) is 0 Å². The molecule has 0 aliphatic rings. The van der Waals surface area contributed by atoms with Gasteiger partial charge in [0.2, 0.25) is 0 Å². The van der Waals surface area contributed by atoms with Crippen LogP contribution >= 0.6 is 0 Å². The van der Waals surface area contributed by atoms with Crippen molar-refractivity contribution in [1.29, 1.82) is 0 Å². The summed E-state index contributed by atoms with van der Waals surface area (Å²) in [6.45, 7) is 9.42. The maximum Gasteiger partial charge on any atom is 0.122 e. The van der Waals surface area contributed by atoms with Crippen LogP contribution in [0.2, 0.25) is 0 Å². The molecule has 2 nitrogen and oxygen atoms in total. The molecule has 0 bridgehead atoms. The molecular weight excluding hydrogens is 210 g/mol. The van der Waals surface area contributed by atoms with Crippen molar-refractivity contribution in [3.8, 4) is 5.75 Å². The van der Waals surface area contributed by atoms with Gasteiger partial charge in [-0.05, 0) is 50.4 Å². The van der Waals surface area contributed by atoms with Crippen LogP contribution in [0.1, 0.15) is 45.1 Å². The summed E-state index contributed by atoms with van der Waals surface area (Å²) < 4.78 is 5.67. The molecule has 2 heteroatoms. The van der Waals surface area contributed by atoms with E-state index in [1.54, 1.807) is 0 Å². The van der Waals surface area contributed by atoms with Crippen LogP contribution in [0.25, 0.3) is 0 Å². The highest BCUT2D eigenvalue weighted by molar-refractivity contribution is 5.35. The second kappa shape index (κ2) is 8.13. The van der Waals surface area contributed by atoms with Crippen LogP contribution < -0.4 is 10.1 Å². The zero-order valence-electron chi connectivity index (χ0n) is 11.3. The van der Waals surface area contributed by atoms with E-state index >= 15 is 0 Å². The average molecular weight is 235 g/mol. The molecule has 0 aromatic heterocycles. The Morgan fingerprint density at radius 1 is 1.18 bits per heavy atom. The molecule has 1 unspecified atom stereocenters. The number of para-hydroxylation sites is 1. The third-order valence-corrected chi connectivity index (χ3v) is 2.93. The molecule has 1 aromatic carbocycles. The molecule has 0 aliphatic carbocycles. The largest absolute Gasteiger partial charge is 0.494 e. The zero-order valence-corrected chi connectivity index (χ0v) is 11.3. The fourth-order valence-corrected chi connectivity index (χ4v) is 1.95. The Hall–Kier alpha value is -1.02. The van der Waals surface area contributed by atoms with Crippen molar-refractivity contribution in [2.75, 3.05) is 19.7 Å². The van der Waals surface area contributed by atoms with E-state index in [0.717, 1.165) is 31.9 Å². The second-order valence-corrected chi connectivity index (χ2v) is 4.41. The summed E-state index contributed by atoms with van der Waals surface area (Å²) in [5.41, 5.74) is 1.33. The summed E-state index contributed by atoms with van der Waals surface area (Å²) in [6.07, 6.45) is 2.36. The third-order valence-electron chi connectivity index (χ3n) is 2.93. The number of ether oxygens (including phenoxy) is 1. The lowest BCUT2D eigenvalue weighted by Gasteiger charge is -2.16. The second-order valence-electron chi connectivity index (χ2n) is 4.41. The van der Waals surface area contributed by atoms with Gasteiger partial charge in [0.05, 0.1) is 6.61 Å². The summed E-state index contributed by atoms with van der Waals surface area (Å²) in [5.74, 6) is 1.58. The first kappa shape index (κ1) is 14.0. The van der Waals surface area contributed by atoms with Crippen molar-refractivity contribution < 1.29 is 4.74 Å². The Morgan fingerprint density at radius 2 is 1.94 bits per heavy atom. The molecule has 17 heavy (non-hydrogen) atoms. The van der Waals surface area contributed by atoms with E-state index in [2.05, 4.69) is 37.4 Å². The first-order valence-corrected chi connectivity index (χ1v) is 6.72. The highest BCUT2D eigenvalue weighted by atomic mass is 16.5. The fourth-order valence-electron chi connectivity index (χ4n) is 1.95. The third kappa shape index (κ3) is 4.78. The molecule has 0 heterocycles. The molecule has 96 valence electrons. The normalized spacial score (nSPS) is 12.4. The van der Waals surface area contributed by atoms with Crippen molar-refractivity contribution >= 4 is 0 Å². The Morgan fingerprint density at radius 3 is 2.65 bits per heavy atom. The summed E-state index contributed by atoms with van der Waals surface area (Å²) in [7, 11) is 0. The van der Waals surface area contributed by atoms with Crippen molar-refractivity contribution in [1.82, 2.24) is 5.32 Å². The molecule has 0 amide bonds. The van der Waals surface area contributed by atoms with Gasteiger partial charge < -0.3 is 10.1 Å². The summed E-state index contributed by atoms with van der Waals surface area (Å²) in [4.78, 5) is 0. The Bertz CT molecular complexity index is 312. The van der Waals surface area contributed by atoms with Crippen LogP contribution in [0.3, 0.4) is 0 Å². The van der Waals surface area contributed by atoms with Gasteiger partial charge in [0.15, 0.2) is 0 Å².